The van der Waals surface area contributed by atoms with Crippen molar-refractivity contribution in [2.45, 2.75) is 68.7 Å². The van der Waals surface area contributed by atoms with E-state index in [1.54, 1.807) is 0 Å². The molecule has 1 aromatic rings. The van der Waals surface area contributed by atoms with Gasteiger partial charge in [-0.05, 0) is 31.2 Å². The molecule has 1 aromatic carbocycles. The number of hydrogen-bond donors (Lipinski definition) is 2. The smallest absolute Gasteiger partial charge is 0.343 e. The van der Waals surface area contributed by atoms with E-state index in [2.05, 4.69) is 5.32 Å². The first-order chi connectivity index (χ1) is 11.2. The maximum Gasteiger partial charge on any atom is 0.343 e. The molecule has 4 heteroatoms. The lowest BCUT2D eigenvalue weighted by atomic mass is 9.80. The summed E-state index contributed by atoms with van der Waals surface area (Å²) in [6.45, 7) is 0. The first-order valence-corrected chi connectivity index (χ1v) is 8.93. The van der Waals surface area contributed by atoms with Gasteiger partial charge in [0.1, 0.15) is 6.10 Å². The molecule has 2 bridgehead atoms. The van der Waals surface area contributed by atoms with Gasteiger partial charge in [0.25, 0.3) is 0 Å². The highest BCUT2D eigenvalue weighted by Gasteiger charge is 2.50. The molecule has 3 aliphatic rings. The van der Waals surface area contributed by atoms with Gasteiger partial charge in [-0.1, -0.05) is 43.2 Å². The van der Waals surface area contributed by atoms with E-state index in [-0.39, 0.29) is 18.1 Å². The van der Waals surface area contributed by atoms with Gasteiger partial charge in [0.05, 0.1) is 0 Å². The molecule has 23 heavy (non-hydrogen) atoms. The molecule has 3 fully saturated rings. The van der Waals surface area contributed by atoms with Gasteiger partial charge >= 0.3 is 5.97 Å². The standard InChI is InChI=1S/C19H25NO3/c21-18(23-17-12-15-10-11-16(17)20-15)19(22,14-8-4-5-9-14)13-6-2-1-3-7-13/h1-3,6-7,14-17,20,22H,4-5,8-12H2/t15?,16?,17?,19-/m0/s1. The molecule has 0 aromatic heterocycles. The molecule has 1 saturated carbocycles. The molecule has 4 nitrogen and oxygen atoms in total. The molecule has 2 saturated heterocycles. The number of fused-ring (bicyclic) bond motifs is 2. The Hall–Kier alpha value is -1.39. The van der Waals surface area contributed by atoms with Crippen LogP contribution in [0.2, 0.25) is 0 Å². The number of carbonyl (C=O) groups is 1. The lowest BCUT2D eigenvalue weighted by Crippen LogP contribution is -2.46. The maximum absolute atomic E-state index is 13.0. The molecule has 0 radical (unpaired) electrons. The normalized spacial score (nSPS) is 32.8. The summed E-state index contributed by atoms with van der Waals surface area (Å²) >= 11 is 0. The quantitative estimate of drug-likeness (QED) is 0.838. The molecule has 4 atom stereocenters. The molecule has 124 valence electrons. The van der Waals surface area contributed by atoms with Crippen molar-refractivity contribution in [3.8, 4) is 0 Å². The minimum atomic E-state index is -1.50. The van der Waals surface area contributed by atoms with Crippen molar-refractivity contribution in [2.75, 3.05) is 0 Å². The summed E-state index contributed by atoms with van der Waals surface area (Å²) in [4.78, 5) is 13.0. The van der Waals surface area contributed by atoms with Gasteiger partial charge in [-0.15, -0.1) is 0 Å². The predicted molar refractivity (Wildman–Crippen MR) is 86.7 cm³/mol. The number of esters is 1. The van der Waals surface area contributed by atoms with E-state index in [9.17, 15) is 9.90 Å². The molecular weight excluding hydrogens is 290 g/mol. The van der Waals surface area contributed by atoms with Crippen LogP contribution in [0.4, 0.5) is 0 Å². The second-order valence-corrected chi connectivity index (χ2v) is 7.34. The highest BCUT2D eigenvalue weighted by molar-refractivity contribution is 5.82. The Balaban J connectivity index is 1.58. The number of aliphatic hydroxyl groups is 1. The van der Waals surface area contributed by atoms with Crippen LogP contribution in [-0.4, -0.2) is 29.3 Å². The summed E-state index contributed by atoms with van der Waals surface area (Å²) in [6.07, 6.45) is 6.94. The van der Waals surface area contributed by atoms with Crippen LogP contribution < -0.4 is 5.32 Å². The Labute approximate surface area is 137 Å². The highest BCUT2D eigenvalue weighted by Crippen LogP contribution is 2.42. The third kappa shape index (κ3) is 2.58. The van der Waals surface area contributed by atoms with Crippen LogP contribution in [0, 0.1) is 5.92 Å². The minimum Gasteiger partial charge on any atom is -0.458 e. The van der Waals surface area contributed by atoms with E-state index in [0.29, 0.717) is 11.6 Å². The third-order valence-corrected chi connectivity index (χ3v) is 5.97. The van der Waals surface area contributed by atoms with E-state index in [0.717, 1.165) is 38.5 Å². The number of ether oxygens (including phenoxy) is 1. The van der Waals surface area contributed by atoms with Crippen molar-refractivity contribution in [1.82, 2.24) is 5.32 Å². The summed E-state index contributed by atoms with van der Waals surface area (Å²) in [5, 5.41) is 14.9. The van der Waals surface area contributed by atoms with Crippen molar-refractivity contribution in [3.05, 3.63) is 35.9 Å². The summed E-state index contributed by atoms with van der Waals surface area (Å²) < 4.78 is 5.83. The first-order valence-electron chi connectivity index (χ1n) is 8.93. The average Bonchev–Trinajstić information content (AvgIpc) is 3.32. The third-order valence-electron chi connectivity index (χ3n) is 5.97. The Morgan fingerprint density at radius 1 is 1.13 bits per heavy atom. The number of rotatable bonds is 4. The maximum atomic E-state index is 13.0. The molecule has 4 rings (SSSR count). The molecule has 2 N–H and O–H groups in total. The largest absolute Gasteiger partial charge is 0.458 e. The zero-order valence-corrected chi connectivity index (χ0v) is 13.4. The zero-order valence-electron chi connectivity index (χ0n) is 13.4. The second-order valence-electron chi connectivity index (χ2n) is 7.34. The molecule has 1 aliphatic carbocycles. The average molecular weight is 315 g/mol. The van der Waals surface area contributed by atoms with Gasteiger partial charge in [0, 0.05) is 24.4 Å². The van der Waals surface area contributed by atoms with E-state index >= 15 is 0 Å². The topological polar surface area (TPSA) is 58.6 Å². The van der Waals surface area contributed by atoms with E-state index in [1.165, 1.54) is 6.42 Å². The van der Waals surface area contributed by atoms with Gasteiger partial charge < -0.3 is 15.2 Å². The Morgan fingerprint density at radius 3 is 2.48 bits per heavy atom. The SMILES string of the molecule is O=C(OC1CC2CCC1N2)[C@](O)(c1ccccc1)C1CCCC1. The van der Waals surface area contributed by atoms with Crippen molar-refractivity contribution in [1.29, 1.82) is 0 Å². The fourth-order valence-corrected chi connectivity index (χ4v) is 4.69. The number of nitrogens with one attached hydrogen (secondary N) is 1. The fourth-order valence-electron chi connectivity index (χ4n) is 4.69. The Kier molecular flexibility index (Phi) is 3.90. The highest BCUT2D eigenvalue weighted by atomic mass is 16.6. The van der Waals surface area contributed by atoms with Gasteiger partial charge in [-0.25, -0.2) is 4.79 Å². The zero-order chi connectivity index (χ0) is 15.9. The van der Waals surface area contributed by atoms with Crippen LogP contribution in [0.25, 0.3) is 0 Å². The lowest BCUT2D eigenvalue weighted by molar-refractivity contribution is -0.180. The Bertz CT molecular complexity index is 569. The number of hydrogen-bond acceptors (Lipinski definition) is 4. The monoisotopic (exact) mass is 315 g/mol. The molecular formula is C19H25NO3. The summed E-state index contributed by atoms with van der Waals surface area (Å²) in [5.74, 6) is -0.487. The summed E-state index contributed by atoms with van der Waals surface area (Å²) in [6, 6.07) is 10.1. The van der Waals surface area contributed by atoms with Crippen molar-refractivity contribution in [3.63, 3.8) is 0 Å². The molecule has 2 heterocycles. The van der Waals surface area contributed by atoms with Crippen molar-refractivity contribution < 1.29 is 14.6 Å². The lowest BCUT2D eigenvalue weighted by Gasteiger charge is -2.34. The van der Waals surface area contributed by atoms with E-state index < -0.39 is 11.6 Å². The minimum absolute atomic E-state index is 0.0380. The molecule has 3 unspecified atom stereocenters. The summed E-state index contributed by atoms with van der Waals surface area (Å²) in [7, 11) is 0. The number of benzene rings is 1. The molecule has 2 aliphatic heterocycles. The van der Waals surface area contributed by atoms with Crippen LogP contribution in [0.3, 0.4) is 0 Å². The summed E-state index contributed by atoms with van der Waals surface area (Å²) in [5.41, 5.74) is -0.826. The molecule has 0 spiro atoms. The van der Waals surface area contributed by atoms with Crippen LogP contribution in [0.15, 0.2) is 30.3 Å². The first kappa shape index (κ1) is 15.2. The second kappa shape index (κ2) is 5.91. The van der Waals surface area contributed by atoms with Gasteiger partial charge in [-0.2, -0.15) is 0 Å². The van der Waals surface area contributed by atoms with Crippen LogP contribution in [0.1, 0.15) is 50.5 Å². The van der Waals surface area contributed by atoms with Crippen LogP contribution in [-0.2, 0) is 15.1 Å². The van der Waals surface area contributed by atoms with Crippen molar-refractivity contribution >= 4 is 5.97 Å². The van der Waals surface area contributed by atoms with Gasteiger partial charge in [0.15, 0.2) is 5.60 Å². The predicted octanol–water partition coefficient (Wildman–Crippen LogP) is 2.50. The van der Waals surface area contributed by atoms with Crippen LogP contribution in [0.5, 0.6) is 0 Å². The van der Waals surface area contributed by atoms with E-state index in [4.69, 9.17) is 4.74 Å². The van der Waals surface area contributed by atoms with E-state index in [1.807, 2.05) is 30.3 Å². The fraction of sp³-hybridized carbons (Fsp3) is 0.632. The Morgan fingerprint density at radius 2 is 1.87 bits per heavy atom. The molecule has 0 amide bonds. The van der Waals surface area contributed by atoms with Gasteiger partial charge in [-0.3, -0.25) is 0 Å². The van der Waals surface area contributed by atoms with Crippen molar-refractivity contribution in [2.24, 2.45) is 5.92 Å². The van der Waals surface area contributed by atoms with Gasteiger partial charge in [0.2, 0.25) is 0 Å². The number of carbonyl (C=O) groups excluding carboxylic acids is 1. The van der Waals surface area contributed by atoms with Crippen LogP contribution >= 0.6 is 0 Å².